The third-order valence-electron chi connectivity index (χ3n) is 2.50. The number of nitrogens with one attached hydrogen (secondary N) is 1. The SMILES string of the molecule is CCN1C(=O)CNCC1CC(C)C. The first-order valence-corrected chi connectivity index (χ1v) is 5.15. The number of piperazine rings is 1. The molecule has 3 nitrogen and oxygen atoms in total. The zero-order valence-corrected chi connectivity index (χ0v) is 8.84. The van der Waals surface area contributed by atoms with Gasteiger partial charge in [-0.3, -0.25) is 4.79 Å². The van der Waals surface area contributed by atoms with Crippen LogP contribution in [0.2, 0.25) is 0 Å². The fraction of sp³-hybridized carbons (Fsp3) is 0.900. The molecule has 1 amide bonds. The molecule has 1 saturated heterocycles. The van der Waals surface area contributed by atoms with Crippen LogP contribution in [-0.4, -0.2) is 36.5 Å². The maximum Gasteiger partial charge on any atom is 0.236 e. The summed E-state index contributed by atoms with van der Waals surface area (Å²) in [5, 5.41) is 3.16. The summed E-state index contributed by atoms with van der Waals surface area (Å²) in [6, 6.07) is 0.409. The number of nitrogens with zero attached hydrogens (tertiary/aromatic N) is 1. The summed E-state index contributed by atoms with van der Waals surface area (Å²) in [6.07, 6.45) is 1.10. The van der Waals surface area contributed by atoms with Crippen LogP contribution in [0.4, 0.5) is 0 Å². The van der Waals surface area contributed by atoms with Crippen molar-refractivity contribution in [2.45, 2.75) is 33.2 Å². The van der Waals surface area contributed by atoms with Gasteiger partial charge in [0.1, 0.15) is 0 Å². The Balaban J connectivity index is 2.54. The first-order chi connectivity index (χ1) is 6.15. The lowest BCUT2D eigenvalue weighted by atomic mass is 10.0. The topological polar surface area (TPSA) is 32.3 Å². The number of carbonyl (C=O) groups is 1. The first kappa shape index (κ1) is 10.5. The van der Waals surface area contributed by atoms with E-state index in [1.54, 1.807) is 0 Å². The molecule has 0 radical (unpaired) electrons. The van der Waals surface area contributed by atoms with Crippen molar-refractivity contribution in [1.29, 1.82) is 0 Å². The van der Waals surface area contributed by atoms with Crippen LogP contribution in [0.3, 0.4) is 0 Å². The molecule has 76 valence electrons. The molecule has 0 spiro atoms. The fourth-order valence-electron chi connectivity index (χ4n) is 1.95. The highest BCUT2D eigenvalue weighted by Gasteiger charge is 2.26. The molecule has 1 atom stereocenters. The van der Waals surface area contributed by atoms with Crippen LogP contribution in [0.15, 0.2) is 0 Å². The van der Waals surface area contributed by atoms with Crippen molar-refractivity contribution in [3.8, 4) is 0 Å². The van der Waals surface area contributed by atoms with Crippen LogP contribution < -0.4 is 5.32 Å². The summed E-state index contributed by atoms with van der Waals surface area (Å²) in [4.78, 5) is 13.5. The van der Waals surface area contributed by atoms with Gasteiger partial charge in [-0.05, 0) is 19.3 Å². The van der Waals surface area contributed by atoms with E-state index in [1.807, 2.05) is 4.90 Å². The predicted octanol–water partition coefficient (Wildman–Crippen LogP) is 0.853. The van der Waals surface area contributed by atoms with Crippen molar-refractivity contribution in [2.24, 2.45) is 5.92 Å². The highest BCUT2D eigenvalue weighted by atomic mass is 16.2. The third kappa shape index (κ3) is 2.69. The molecule has 1 fully saturated rings. The number of likely N-dealkylation sites (N-methyl/N-ethyl adjacent to an activating group) is 1. The van der Waals surface area contributed by atoms with Crippen LogP contribution in [0.5, 0.6) is 0 Å². The van der Waals surface area contributed by atoms with Crippen LogP contribution in [0, 0.1) is 5.92 Å². The van der Waals surface area contributed by atoms with Crippen LogP contribution in [0.1, 0.15) is 27.2 Å². The van der Waals surface area contributed by atoms with Gasteiger partial charge in [0, 0.05) is 19.1 Å². The zero-order chi connectivity index (χ0) is 9.84. The van der Waals surface area contributed by atoms with E-state index in [4.69, 9.17) is 0 Å². The Kier molecular flexibility index (Phi) is 3.72. The van der Waals surface area contributed by atoms with Gasteiger partial charge in [0.15, 0.2) is 0 Å². The van der Waals surface area contributed by atoms with E-state index in [1.165, 1.54) is 0 Å². The van der Waals surface area contributed by atoms with Crippen molar-refractivity contribution in [3.63, 3.8) is 0 Å². The van der Waals surface area contributed by atoms with Gasteiger partial charge in [-0.2, -0.15) is 0 Å². The quantitative estimate of drug-likeness (QED) is 0.705. The van der Waals surface area contributed by atoms with Gasteiger partial charge < -0.3 is 10.2 Å². The van der Waals surface area contributed by atoms with E-state index in [9.17, 15) is 4.79 Å². The fourth-order valence-corrected chi connectivity index (χ4v) is 1.95. The number of hydrogen-bond donors (Lipinski definition) is 1. The molecule has 0 aromatic carbocycles. The standard InChI is InChI=1S/C10H20N2O/c1-4-12-9(5-8(2)3)6-11-7-10(12)13/h8-9,11H,4-7H2,1-3H3. The van der Waals surface area contributed by atoms with Crippen molar-refractivity contribution < 1.29 is 4.79 Å². The smallest absolute Gasteiger partial charge is 0.236 e. The Labute approximate surface area is 80.5 Å². The lowest BCUT2D eigenvalue weighted by molar-refractivity contribution is -0.134. The number of rotatable bonds is 3. The summed E-state index contributed by atoms with van der Waals surface area (Å²) < 4.78 is 0. The molecular weight excluding hydrogens is 164 g/mol. The van der Waals surface area contributed by atoms with E-state index in [0.717, 1.165) is 19.5 Å². The minimum absolute atomic E-state index is 0.249. The minimum atomic E-state index is 0.249. The van der Waals surface area contributed by atoms with Crippen LogP contribution >= 0.6 is 0 Å². The lowest BCUT2D eigenvalue weighted by Gasteiger charge is -2.36. The van der Waals surface area contributed by atoms with E-state index in [2.05, 4.69) is 26.1 Å². The molecule has 1 rings (SSSR count). The van der Waals surface area contributed by atoms with E-state index < -0.39 is 0 Å². The Morgan fingerprint density at radius 1 is 1.62 bits per heavy atom. The summed E-state index contributed by atoms with van der Waals surface area (Å²) in [6.45, 7) is 8.77. The van der Waals surface area contributed by atoms with E-state index in [0.29, 0.717) is 18.5 Å². The van der Waals surface area contributed by atoms with Crippen LogP contribution in [0.25, 0.3) is 0 Å². The molecule has 0 aromatic heterocycles. The summed E-state index contributed by atoms with van der Waals surface area (Å²) in [5.74, 6) is 0.908. The third-order valence-corrected chi connectivity index (χ3v) is 2.50. The Morgan fingerprint density at radius 3 is 2.85 bits per heavy atom. The molecule has 0 saturated carbocycles. The van der Waals surface area contributed by atoms with Gasteiger partial charge >= 0.3 is 0 Å². The molecule has 0 aromatic rings. The number of carbonyl (C=O) groups excluding carboxylic acids is 1. The van der Waals surface area contributed by atoms with Gasteiger partial charge in [0.05, 0.1) is 6.54 Å². The second kappa shape index (κ2) is 4.61. The average Bonchev–Trinajstić information content (AvgIpc) is 2.03. The molecule has 0 bridgehead atoms. The molecule has 3 heteroatoms. The predicted molar refractivity (Wildman–Crippen MR) is 53.5 cm³/mol. The highest BCUT2D eigenvalue weighted by molar-refractivity contribution is 5.79. The van der Waals surface area contributed by atoms with Crippen molar-refractivity contribution >= 4 is 5.91 Å². The lowest BCUT2D eigenvalue weighted by Crippen LogP contribution is -2.54. The van der Waals surface area contributed by atoms with E-state index in [-0.39, 0.29) is 5.91 Å². The van der Waals surface area contributed by atoms with Gasteiger partial charge in [-0.15, -0.1) is 0 Å². The Bertz CT molecular complexity index is 180. The molecule has 1 N–H and O–H groups in total. The van der Waals surface area contributed by atoms with Crippen molar-refractivity contribution in [1.82, 2.24) is 10.2 Å². The molecule has 13 heavy (non-hydrogen) atoms. The van der Waals surface area contributed by atoms with Gasteiger partial charge in [-0.25, -0.2) is 0 Å². The minimum Gasteiger partial charge on any atom is -0.338 e. The molecule has 1 aliphatic heterocycles. The second-order valence-corrected chi connectivity index (χ2v) is 4.09. The first-order valence-electron chi connectivity index (χ1n) is 5.15. The van der Waals surface area contributed by atoms with Crippen molar-refractivity contribution in [3.05, 3.63) is 0 Å². The molecule has 1 unspecified atom stereocenters. The molecular formula is C10H20N2O. The van der Waals surface area contributed by atoms with E-state index >= 15 is 0 Å². The molecule has 0 aliphatic carbocycles. The molecule has 1 heterocycles. The Hall–Kier alpha value is -0.570. The van der Waals surface area contributed by atoms with Crippen LogP contribution in [-0.2, 0) is 4.79 Å². The normalized spacial score (nSPS) is 24.2. The number of hydrogen-bond acceptors (Lipinski definition) is 2. The highest BCUT2D eigenvalue weighted by Crippen LogP contribution is 2.13. The second-order valence-electron chi connectivity index (χ2n) is 4.09. The Morgan fingerprint density at radius 2 is 2.31 bits per heavy atom. The van der Waals surface area contributed by atoms with Gasteiger partial charge in [0.25, 0.3) is 0 Å². The summed E-state index contributed by atoms with van der Waals surface area (Å²) >= 11 is 0. The average molecular weight is 184 g/mol. The maximum absolute atomic E-state index is 11.5. The van der Waals surface area contributed by atoms with Crippen molar-refractivity contribution in [2.75, 3.05) is 19.6 Å². The monoisotopic (exact) mass is 184 g/mol. The largest absolute Gasteiger partial charge is 0.338 e. The number of amides is 1. The molecule has 1 aliphatic rings. The van der Waals surface area contributed by atoms with Gasteiger partial charge in [0.2, 0.25) is 5.91 Å². The van der Waals surface area contributed by atoms with Gasteiger partial charge in [-0.1, -0.05) is 13.8 Å². The zero-order valence-electron chi connectivity index (χ0n) is 8.84. The summed E-state index contributed by atoms with van der Waals surface area (Å²) in [7, 11) is 0. The maximum atomic E-state index is 11.5. The summed E-state index contributed by atoms with van der Waals surface area (Å²) in [5.41, 5.74) is 0.